The van der Waals surface area contributed by atoms with Crippen molar-refractivity contribution in [3.63, 3.8) is 0 Å². The lowest BCUT2D eigenvalue weighted by molar-refractivity contribution is -0.132. The zero-order valence-corrected chi connectivity index (χ0v) is 21.8. The fraction of sp³-hybridized carbons (Fsp3) is 0.333. The lowest BCUT2D eigenvalue weighted by atomic mass is 9.91. The number of methoxy groups -OCH3 is 1. The summed E-state index contributed by atoms with van der Waals surface area (Å²) in [4.78, 5) is 31.5. The van der Waals surface area contributed by atoms with Crippen LogP contribution in [0.3, 0.4) is 0 Å². The predicted octanol–water partition coefficient (Wildman–Crippen LogP) is 4.87. The molecule has 198 valence electrons. The molecule has 0 unspecified atom stereocenters. The molecule has 8 heteroatoms. The van der Waals surface area contributed by atoms with Crippen molar-refractivity contribution in [1.29, 1.82) is 0 Å². The monoisotopic (exact) mass is 516 g/mol. The Bertz CT molecular complexity index is 1500. The van der Waals surface area contributed by atoms with E-state index in [9.17, 15) is 14.7 Å². The highest BCUT2D eigenvalue weighted by Crippen LogP contribution is 2.36. The molecule has 2 aromatic heterocycles. The number of rotatable bonds is 8. The number of para-hydroxylation sites is 1. The van der Waals surface area contributed by atoms with Crippen molar-refractivity contribution in [2.75, 3.05) is 13.7 Å². The molecule has 4 aromatic rings. The molecule has 0 spiro atoms. The molecular weight excluding hydrogens is 484 g/mol. The molecule has 1 aliphatic heterocycles. The van der Waals surface area contributed by atoms with Gasteiger partial charge < -0.3 is 28.9 Å². The third-order valence-corrected chi connectivity index (χ3v) is 6.87. The van der Waals surface area contributed by atoms with Crippen LogP contribution in [0.1, 0.15) is 54.5 Å². The van der Waals surface area contributed by atoms with Crippen LogP contribution in [0.25, 0.3) is 10.9 Å². The lowest BCUT2D eigenvalue weighted by Crippen LogP contribution is -2.36. The second-order valence-electron chi connectivity index (χ2n) is 9.91. The van der Waals surface area contributed by atoms with Crippen molar-refractivity contribution in [3.8, 4) is 11.5 Å². The van der Waals surface area contributed by atoms with Gasteiger partial charge in [0.05, 0.1) is 18.6 Å². The van der Waals surface area contributed by atoms with Crippen LogP contribution >= 0.6 is 0 Å². The van der Waals surface area contributed by atoms with Gasteiger partial charge in [-0.3, -0.25) is 9.59 Å². The second-order valence-corrected chi connectivity index (χ2v) is 9.91. The number of aromatic nitrogens is 1. The van der Waals surface area contributed by atoms with E-state index in [1.54, 1.807) is 0 Å². The molecule has 0 aliphatic carbocycles. The molecule has 0 saturated carbocycles. The van der Waals surface area contributed by atoms with E-state index in [1.165, 1.54) is 24.1 Å². The minimum absolute atomic E-state index is 0.0136. The standard InChI is InChI=1S/C30H32N2O6/c1-18(2)37-20-10-8-19(9-11-20)24(30-29(35)27(33)14-21(38-30)17-36-3)15-28(34)32-13-12-23-22-6-4-5-7-25(22)31-26(23)16-32/h4-11,14,18,24,31,35H,12-13,15-17H2,1-3H3/t24-/m0/s1. The average Bonchev–Trinajstić information content (AvgIpc) is 3.27. The number of nitrogens with one attached hydrogen (secondary N) is 1. The van der Waals surface area contributed by atoms with Crippen LogP contribution in [0, 0.1) is 0 Å². The maximum atomic E-state index is 13.7. The number of ether oxygens (including phenoxy) is 2. The number of aromatic hydroxyl groups is 1. The van der Waals surface area contributed by atoms with Crippen LogP contribution in [0.5, 0.6) is 11.5 Å². The minimum atomic E-state index is -0.677. The molecule has 1 aliphatic rings. The molecule has 2 N–H and O–H groups in total. The van der Waals surface area contributed by atoms with Gasteiger partial charge in [0.2, 0.25) is 17.1 Å². The van der Waals surface area contributed by atoms with Gasteiger partial charge in [-0.05, 0) is 49.6 Å². The Balaban J connectivity index is 1.46. The van der Waals surface area contributed by atoms with Gasteiger partial charge in [0, 0.05) is 42.7 Å². The van der Waals surface area contributed by atoms with Gasteiger partial charge in [-0.25, -0.2) is 0 Å². The first kappa shape index (κ1) is 25.6. The molecule has 1 amide bonds. The van der Waals surface area contributed by atoms with Gasteiger partial charge in [-0.1, -0.05) is 30.3 Å². The Labute approximate surface area is 220 Å². The van der Waals surface area contributed by atoms with E-state index in [1.807, 2.05) is 61.2 Å². The average molecular weight is 517 g/mol. The number of fused-ring (bicyclic) bond motifs is 3. The number of carbonyl (C=O) groups is 1. The zero-order chi connectivity index (χ0) is 26.8. The third kappa shape index (κ3) is 5.17. The predicted molar refractivity (Wildman–Crippen MR) is 143 cm³/mol. The van der Waals surface area contributed by atoms with E-state index in [0.29, 0.717) is 18.8 Å². The summed E-state index contributed by atoms with van der Waals surface area (Å²) in [5.74, 6) is -0.246. The Morgan fingerprint density at radius 2 is 1.92 bits per heavy atom. The molecule has 0 bridgehead atoms. The summed E-state index contributed by atoms with van der Waals surface area (Å²) in [5, 5.41) is 11.9. The fourth-order valence-electron chi connectivity index (χ4n) is 5.13. The molecular formula is C30H32N2O6. The molecule has 38 heavy (non-hydrogen) atoms. The summed E-state index contributed by atoms with van der Waals surface area (Å²) in [6.07, 6.45) is 0.785. The summed E-state index contributed by atoms with van der Waals surface area (Å²) in [6, 6.07) is 16.7. The van der Waals surface area contributed by atoms with Crippen molar-refractivity contribution in [2.24, 2.45) is 0 Å². The molecule has 2 aromatic carbocycles. The summed E-state index contributed by atoms with van der Waals surface area (Å²) in [6.45, 7) is 5.01. The number of hydrogen-bond donors (Lipinski definition) is 2. The van der Waals surface area contributed by atoms with E-state index in [0.717, 1.165) is 23.2 Å². The lowest BCUT2D eigenvalue weighted by Gasteiger charge is -2.29. The van der Waals surface area contributed by atoms with Crippen molar-refractivity contribution in [1.82, 2.24) is 9.88 Å². The van der Waals surface area contributed by atoms with Crippen LogP contribution in [0.4, 0.5) is 0 Å². The van der Waals surface area contributed by atoms with Crippen LogP contribution in [0.2, 0.25) is 0 Å². The molecule has 3 heterocycles. The molecule has 0 radical (unpaired) electrons. The first-order valence-corrected chi connectivity index (χ1v) is 12.8. The number of aromatic amines is 1. The smallest absolute Gasteiger partial charge is 0.227 e. The van der Waals surface area contributed by atoms with E-state index in [4.69, 9.17) is 13.9 Å². The van der Waals surface area contributed by atoms with E-state index in [-0.39, 0.29) is 36.6 Å². The normalized spacial score (nSPS) is 14.1. The highest BCUT2D eigenvalue weighted by atomic mass is 16.5. The summed E-state index contributed by atoms with van der Waals surface area (Å²) < 4.78 is 16.8. The summed E-state index contributed by atoms with van der Waals surface area (Å²) >= 11 is 0. The molecule has 0 fully saturated rings. The van der Waals surface area contributed by atoms with Gasteiger partial charge in [0.1, 0.15) is 18.1 Å². The van der Waals surface area contributed by atoms with Crippen molar-refractivity contribution < 1.29 is 23.8 Å². The van der Waals surface area contributed by atoms with E-state index < -0.39 is 17.1 Å². The van der Waals surface area contributed by atoms with Gasteiger partial charge in [-0.15, -0.1) is 0 Å². The molecule has 1 atom stereocenters. The first-order valence-electron chi connectivity index (χ1n) is 12.8. The number of benzene rings is 2. The topological polar surface area (TPSA) is 105 Å². The Kier molecular flexibility index (Phi) is 7.24. The Morgan fingerprint density at radius 3 is 2.66 bits per heavy atom. The van der Waals surface area contributed by atoms with Crippen LogP contribution in [-0.4, -0.2) is 40.7 Å². The maximum Gasteiger partial charge on any atom is 0.227 e. The SMILES string of the molecule is COCc1cc(=O)c(O)c([C@@H](CC(=O)N2CCc3c([nH]c4ccccc34)C2)c2ccc(OC(C)C)cc2)o1. The fourth-order valence-corrected chi connectivity index (χ4v) is 5.13. The van der Waals surface area contributed by atoms with E-state index in [2.05, 4.69) is 11.1 Å². The highest BCUT2D eigenvalue weighted by molar-refractivity contribution is 5.86. The Morgan fingerprint density at radius 1 is 1.16 bits per heavy atom. The number of hydrogen-bond acceptors (Lipinski definition) is 6. The van der Waals surface area contributed by atoms with Gasteiger partial charge in [0.25, 0.3) is 0 Å². The third-order valence-electron chi connectivity index (χ3n) is 6.87. The quantitative estimate of drug-likeness (QED) is 0.346. The van der Waals surface area contributed by atoms with Crippen LogP contribution in [-0.2, 0) is 29.1 Å². The number of carbonyl (C=O) groups excluding carboxylic acids is 1. The minimum Gasteiger partial charge on any atom is -0.502 e. The Hall–Kier alpha value is -4.04. The number of amides is 1. The van der Waals surface area contributed by atoms with E-state index >= 15 is 0 Å². The second kappa shape index (κ2) is 10.8. The van der Waals surface area contributed by atoms with Crippen LogP contribution in [0.15, 0.2) is 63.8 Å². The van der Waals surface area contributed by atoms with Crippen molar-refractivity contribution in [3.05, 3.63) is 93.2 Å². The van der Waals surface area contributed by atoms with Crippen molar-refractivity contribution >= 4 is 16.8 Å². The largest absolute Gasteiger partial charge is 0.502 e. The van der Waals surface area contributed by atoms with Gasteiger partial charge >= 0.3 is 0 Å². The molecule has 0 saturated heterocycles. The van der Waals surface area contributed by atoms with Crippen molar-refractivity contribution in [2.45, 2.75) is 51.9 Å². The van der Waals surface area contributed by atoms with Gasteiger partial charge in [0.15, 0.2) is 5.76 Å². The maximum absolute atomic E-state index is 13.7. The van der Waals surface area contributed by atoms with Gasteiger partial charge in [-0.2, -0.15) is 0 Å². The zero-order valence-electron chi connectivity index (χ0n) is 21.8. The number of nitrogens with zero attached hydrogens (tertiary/aromatic N) is 1. The molecule has 5 rings (SSSR count). The number of H-pyrrole nitrogens is 1. The summed E-state index contributed by atoms with van der Waals surface area (Å²) in [5.41, 5.74) is 3.50. The first-order chi connectivity index (χ1) is 18.3. The highest BCUT2D eigenvalue weighted by Gasteiger charge is 2.30. The summed E-state index contributed by atoms with van der Waals surface area (Å²) in [7, 11) is 1.50. The van der Waals surface area contributed by atoms with Crippen LogP contribution < -0.4 is 10.2 Å². The molecule has 8 nitrogen and oxygen atoms in total.